The zero-order valence-electron chi connectivity index (χ0n) is 11.8. The molecule has 0 saturated heterocycles. The predicted molar refractivity (Wildman–Crippen MR) is 73.7 cm³/mol. The Balaban J connectivity index is 2.22. The minimum absolute atomic E-state index is 0.0761. The van der Waals surface area contributed by atoms with Crippen LogP contribution in [0.3, 0.4) is 0 Å². The molecule has 5 heteroatoms. The molecular formula is C14H20N2O3. The molecule has 104 valence electrons. The quantitative estimate of drug-likeness (QED) is 0.841. The molecule has 1 aromatic rings. The molecule has 0 aliphatic carbocycles. The zero-order chi connectivity index (χ0) is 13.8. The molecule has 2 heterocycles. The molecule has 0 spiro atoms. The van der Waals surface area contributed by atoms with E-state index < -0.39 is 0 Å². The number of hydrogen-bond donors (Lipinski definition) is 0. The lowest BCUT2D eigenvalue weighted by Crippen LogP contribution is -2.38. The third-order valence-corrected chi connectivity index (χ3v) is 3.11. The topological polar surface area (TPSA) is 56.3 Å². The molecule has 2 rings (SSSR count). The van der Waals surface area contributed by atoms with E-state index in [1.165, 1.54) is 0 Å². The Hall–Kier alpha value is -1.78. The van der Waals surface area contributed by atoms with Gasteiger partial charge in [-0.05, 0) is 18.1 Å². The van der Waals surface area contributed by atoms with Crippen LogP contribution in [-0.4, -0.2) is 38.1 Å². The van der Waals surface area contributed by atoms with Gasteiger partial charge in [-0.2, -0.15) is 0 Å². The van der Waals surface area contributed by atoms with Crippen LogP contribution < -0.4 is 0 Å². The summed E-state index contributed by atoms with van der Waals surface area (Å²) in [6.45, 7) is 4.17. The third kappa shape index (κ3) is 2.97. The number of ether oxygens (including phenoxy) is 2. The zero-order valence-corrected chi connectivity index (χ0v) is 11.8. The first-order chi connectivity index (χ1) is 9.15. The summed E-state index contributed by atoms with van der Waals surface area (Å²) in [4.78, 5) is 9.22. The smallest absolute Gasteiger partial charge is 0.209 e. The van der Waals surface area contributed by atoms with Crippen molar-refractivity contribution in [1.29, 1.82) is 0 Å². The second kappa shape index (κ2) is 5.91. The average molecular weight is 264 g/mol. The largest absolute Gasteiger partial charge is 0.483 e. The maximum Gasteiger partial charge on any atom is 0.209 e. The molecule has 0 saturated carbocycles. The monoisotopic (exact) mass is 264 g/mol. The van der Waals surface area contributed by atoms with Gasteiger partial charge in [-0.3, -0.25) is 0 Å². The molecule has 0 fully saturated rings. The van der Waals surface area contributed by atoms with Crippen LogP contribution in [0.25, 0.3) is 0 Å². The van der Waals surface area contributed by atoms with E-state index >= 15 is 0 Å². The summed E-state index contributed by atoms with van der Waals surface area (Å²) in [5.41, 5.74) is 0. The average Bonchev–Trinajstić information content (AvgIpc) is 2.90. The summed E-state index contributed by atoms with van der Waals surface area (Å²) in [5.74, 6) is 2.47. The minimum Gasteiger partial charge on any atom is -0.483 e. The van der Waals surface area contributed by atoms with Crippen LogP contribution in [0.5, 0.6) is 0 Å². The molecular weight excluding hydrogens is 244 g/mol. The van der Waals surface area contributed by atoms with Crippen LogP contribution in [0.2, 0.25) is 0 Å². The van der Waals surface area contributed by atoms with Crippen molar-refractivity contribution in [2.24, 2.45) is 15.9 Å². The van der Waals surface area contributed by atoms with Gasteiger partial charge >= 0.3 is 0 Å². The summed E-state index contributed by atoms with van der Waals surface area (Å²) in [5, 5.41) is 0. The molecule has 1 aliphatic rings. The maximum atomic E-state index is 5.37. The van der Waals surface area contributed by atoms with Crippen molar-refractivity contribution in [3.05, 3.63) is 24.2 Å². The van der Waals surface area contributed by atoms with Crippen LogP contribution in [0.1, 0.15) is 19.6 Å². The van der Waals surface area contributed by atoms with E-state index in [1.807, 2.05) is 12.1 Å². The number of methoxy groups -OCH3 is 2. The van der Waals surface area contributed by atoms with E-state index in [4.69, 9.17) is 13.9 Å². The number of hydrogen-bond acceptors (Lipinski definition) is 5. The highest BCUT2D eigenvalue weighted by Crippen LogP contribution is 2.19. The van der Waals surface area contributed by atoms with Crippen LogP contribution in [0.4, 0.5) is 0 Å². The normalized spacial score (nSPS) is 23.0. The van der Waals surface area contributed by atoms with E-state index in [-0.39, 0.29) is 12.1 Å². The van der Waals surface area contributed by atoms with Gasteiger partial charge in [0.2, 0.25) is 11.8 Å². The summed E-state index contributed by atoms with van der Waals surface area (Å²) in [6.07, 6.45) is 2.27. The van der Waals surface area contributed by atoms with Gasteiger partial charge in [0.25, 0.3) is 0 Å². The van der Waals surface area contributed by atoms with Crippen molar-refractivity contribution in [3.8, 4) is 0 Å². The number of rotatable bonds is 3. The van der Waals surface area contributed by atoms with Crippen LogP contribution in [0.15, 0.2) is 32.8 Å². The highest BCUT2D eigenvalue weighted by atomic mass is 16.5. The van der Waals surface area contributed by atoms with E-state index in [2.05, 4.69) is 23.8 Å². The van der Waals surface area contributed by atoms with Crippen molar-refractivity contribution in [2.45, 2.75) is 32.4 Å². The van der Waals surface area contributed by atoms with E-state index in [1.54, 1.807) is 20.5 Å². The van der Waals surface area contributed by atoms with Crippen molar-refractivity contribution in [2.75, 3.05) is 14.2 Å². The first-order valence-electron chi connectivity index (χ1n) is 6.41. The lowest BCUT2D eigenvalue weighted by Gasteiger charge is -2.26. The molecule has 1 aliphatic heterocycles. The van der Waals surface area contributed by atoms with Crippen molar-refractivity contribution < 1.29 is 13.9 Å². The van der Waals surface area contributed by atoms with Crippen molar-refractivity contribution in [3.63, 3.8) is 0 Å². The van der Waals surface area contributed by atoms with Gasteiger partial charge < -0.3 is 13.9 Å². The second-order valence-electron chi connectivity index (χ2n) is 4.83. The van der Waals surface area contributed by atoms with Crippen LogP contribution in [-0.2, 0) is 15.9 Å². The van der Waals surface area contributed by atoms with Gasteiger partial charge in [-0.25, -0.2) is 9.98 Å². The van der Waals surface area contributed by atoms with E-state index in [0.29, 0.717) is 24.1 Å². The van der Waals surface area contributed by atoms with Gasteiger partial charge in [0.15, 0.2) is 0 Å². The Morgan fingerprint density at radius 3 is 2.47 bits per heavy atom. The summed E-state index contributed by atoms with van der Waals surface area (Å²) in [6, 6.07) is 3.53. The highest BCUT2D eigenvalue weighted by molar-refractivity contribution is 5.94. The standard InChI is InChI=1S/C14H20N2O3/c1-9(2)12-14(18-4)15-11(13(16-12)17-3)8-10-6-5-7-19-10/h5-7,9,11-12H,8H2,1-4H3/t11-,12+/m1/s1. The SMILES string of the molecule is COC1=N[C@H](Cc2ccco2)C(OC)=N[C@H]1C(C)C. The fourth-order valence-electron chi connectivity index (χ4n) is 2.11. The molecule has 0 amide bonds. The third-order valence-electron chi connectivity index (χ3n) is 3.11. The molecule has 1 aromatic heterocycles. The molecule has 0 unspecified atom stereocenters. The summed E-state index contributed by atoms with van der Waals surface area (Å²) >= 11 is 0. The molecule has 5 nitrogen and oxygen atoms in total. The van der Waals surface area contributed by atoms with Gasteiger partial charge in [0.05, 0.1) is 20.5 Å². The molecule has 19 heavy (non-hydrogen) atoms. The number of aliphatic imine (C=N–C) groups is 2. The number of furan rings is 1. The second-order valence-corrected chi connectivity index (χ2v) is 4.83. The first-order valence-corrected chi connectivity index (χ1v) is 6.41. The Bertz CT molecular complexity index is 463. The molecule has 0 radical (unpaired) electrons. The van der Waals surface area contributed by atoms with Gasteiger partial charge in [-0.1, -0.05) is 13.8 Å². The van der Waals surface area contributed by atoms with Crippen molar-refractivity contribution >= 4 is 11.8 Å². The molecule has 0 aromatic carbocycles. The van der Waals surface area contributed by atoms with E-state index in [0.717, 1.165) is 5.76 Å². The van der Waals surface area contributed by atoms with Crippen molar-refractivity contribution in [1.82, 2.24) is 0 Å². The fourth-order valence-corrected chi connectivity index (χ4v) is 2.11. The Kier molecular flexibility index (Phi) is 4.24. The Morgan fingerprint density at radius 2 is 1.95 bits per heavy atom. The van der Waals surface area contributed by atoms with Gasteiger partial charge in [0.1, 0.15) is 17.8 Å². The highest BCUT2D eigenvalue weighted by Gasteiger charge is 2.31. The van der Waals surface area contributed by atoms with Gasteiger partial charge in [-0.15, -0.1) is 0 Å². The fraction of sp³-hybridized carbons (Fsp3) is 0.571. The Labute approximate surface area is 113 Å². The van der Waals surface area contributed by atoms with E-state index in [9.17, 15) is 0 Å². The molecule has 0 bridgehead atoms. The Morgan fingerprint density at radius 1 is 1.21 bits per heavy atom. The lowest BCUT2D eigenvalue weighted by molar-refractivity contribution is 0.330. The number of nitrogens with zero attached hydrogens (tertiary/aromatic N) is 2. The van der Waals surface area contributed by atoms with Gasteiger partial charge in [0, 0.05) is 6.42 Å². The molecule has 2 atom stereocenters. The minimum atomic E-state index is -0.180. The summed E-state index contributed by atoms with van der Waals surface area (Å²) < 4.78 is 16.1. The lowest BCUT2D eigenvalue weighted by atomic mass is 10.0. The van der Waals surface area contributed by atoms with Crippen LogP contribution >= 0.6 is 0 Å². The van der Waals surface area contributed by atoms with Crippen LogP contribution in [0, 0.1) is 5.92 Å². The maximum absolute atomic E-state index is 5.37. The predicted octanol–water partition coefficient (Wildman–Crippen LogP) is 2.32. The summed E-state index contributed by atoms with van der Waals surface area (Å²) in [7, 11) is 3.25. The first kappa shape index (κ1) is 13.6. The molecule has 0 N–H and O–H groups in total.